The van der Waals surface area contributed by atoms with Gasteiger partial charge in [0.2, 0.25) is 11.8 Å². The molecule has 0 atom stereocenters. The summed E-state index contributed by atoms with van der Waals surface area (Å²) in [5.74, 6) is -0.547. The second kappa shape index (κ2) is 8.24. The van der Waals surface area contributed by atoms with Crippen molar-refractivity contribution in [1.82, 2.24) is 25.0 Å². The summed E-state index contributed by atoms with van der Waals surface area (Å²) in [7, 11) is 1.85. The lowest BCUT2D eigenvalue weighted by Gasteiger charge is -2.08. The minimum atomic E-state index is -0.452. The van der Waals surface area contributed by atoms with Gasteiger partial charge in [-0.2, -0.15) is 0 Å². The van der Waals surface area contributed by atoms with Crippen LogP contribution in [-0.2, 0) is 29.6 Å². The fourth-order valence-corrected chi connectivity index (χ4v) is 3.37. The molecule has 2 aromatic heterocycles. The van der Waals surface area contributed by atoms with Gasteiger partial charge in [0.15, 0.2) is 5.58 Å². The molecule has 0 spiro atoms. The van der Waals surface area contributed by atoms with Gasteiger partial charge in [0.05, 0.1) is 23.0 Å². The van der Waals surface area contributed by atoms with Crippen molar-refractivity contribution in [3.8, 4) is 0 Å². The van der Waals surface area contributed by atoms with Gasteiger partial charge in [-0.05, 0) is 30.7 Å². The minimum Gasteiger partial charge on any atom is -0.408 e. The third-order valence-electron chi connectivity index (χ3n) is 4.90. The number of benzene rings is 2. The molecule has 9 heteroatoms. The van der Waals surface area contributed by atoms with E-state index < -0.39 is 5.76 Å². The third kappa shape index (κ3) is 3.95. The number of amides is 2. The highest BCUT2D eigenvalue weighted by Gasteiger charge is 2.13. The highest BCUT2D eigenvalue weighted by atomic mass is 16.4. The molecule has 2 heterocycles. The number of imidazole rings is 1. The Hall–Kier alpha value is -3.88. The third-order valence-corrected chi connectivity index (χ3v) is 4.90. The molecular formula is C21H21N5O4. The van der Waals surface area contributed by atoms with E-state index >= 15 is 0 Å². The van der Waals surface area contributed by atoms with E-state index in [1.165, 1.54) is 4.57 Å². The van der Waals surface area contributed by atoms with Gasteiger partial charge in [-0.25, -0.2) is 9.78 Å². The summed E-state index contributed by atoms with van der Waals surface area (Å²) < 4.78 is 8.51. The predicted octanol–water partition coefficient (Wildman–Crippen LogP) is 1.65. The number of nitrogens with zero attached hydrogens (tertiary/aromatic N) is 3. The normalized spacial score (nSPS) is 11.1. The number of para-hydroxylation sites is 4. The van der Waals surface area contributed by atoms with Crippen molar-refractivity contribution in [1.29, 1.82) is 0 Å². The Labute approximate surface area is 171 Å². The van der Waals surface area contributed by atoms with Gasteiger partial charge in [0, 0.05) is 20.0 Å². The number of carbonyl (C=O) groups is 2. The molecule has 154 valence electrons. The molecule has 2 amide bonds. The van der Waals surface area contributed by atoms with Crippen molar-refractivity contribution in [2.75, 3.05) is 0 Å². The Bertz CT molecular complexity index is 1280. The van der Waals surface area contributed by atoms with Crippen LogP contribution >= 0.6 is 0 Å². The number of hydrogen-bond acceptors (Lipinski definition) is 5. The summed E-state index contributed by atoms with van der Waals surface area (Å²) in [5.41, 5.74) is 7.77. The molecule has 0 aliphatic rings. The van der Waals surface area contributed by atoms with E-state index in [0.717, 1.165) is 11.0 Å². The fourth-order valence-electron chi connectivity index (χ4n) is 3.37. The predicted molar refractivity (Wildman–Crippen MR) is 110 cm³/mol. The Balaban J connectivity index is 1.26. The number of fused-ring (bicyclic) bond motifs is 2. The molecule has 0 aliphatic carbocycles. The number of hydrogen-bond donors (Lipinski definition) is 2. The second-order valence-corrected chi connectivity index (χ2v) is 6.94. The number of carbonyl (C=O) groups excluding carboxylic acids is 2. The second-order valence-electron chi connectivity index (χ2n) is 6.94. The van der Waals surface area contributed by atoms with E-state index in [9.17, 15) is 14.4 Å². The average Bonchev–Trinajstić information content (AvgIpc) is 3.23. The van der Waals surface area contributed by atoms with Crippen molar-refractivity contribution >= 4 is 33.9 Å². The standard InChI is InChI=1S/C21H21N5O4/c1-25-15-8-3-2-7-14(15)22-18(25)13-20(28)24-23-19(27)11-6-12-26-16-9-4-5-10-17(16)30-21(26)29/h2-5,7-10H,6,11-13H2,1H3,(H,23,27)(H,24,28). The molecular weight excluding hydrogens is 386 g/mol. The van der Waals surface area contributed by atoms with E-state index in [-0.39, 0.29) is 24.7 Å². The molecule has 0 aliphatic heterocycles. The van der Waals surface area contributed by atoms with Crippen LogP contribution in [0.25, 0.3) is 22.1 Å². The first-order valence-electron chi connectivity index (χ1n) is 9.59. The Morgan fingerprint density at radius 3 is 2.50 bits per heavy atom. The van der Waals surface area contributed by atoms with E-state index in [4.69, 9.17) is 4.42 Å². The van der Waals surface area contributed by atoms with Crippen LogP contribution in [0, 0.1) is 0 Å². The van der Waals surface area contributed by atoms with Crippen LogP contribution in [0.15, 0.2) is 57.7 Å². The molecule has 30 heavy (non-hydrogen) atoms. The maximum absolute atomic E-state index is 12.2. The first-order chi connectivity index (χ1) is 14.5. The topological polar surface area (TPSA) is 111 Å². The molecule has 4 rings (SSSR count). The van der Waals surface area contributed by atoms with Gasteiger partial charge < -0.3 is 8.98 Å². The van der Waals surface area contributed by atoms with Crippen LogP contribution in [0.5, 0.6) is 0 Å². The van der Waals surface area contributed by atoms with E-state index in [0.29, 0.717) is 29.9 Å². The average molecular weight is 407 g/mol. The van der Waals surface area contributed by atoms with Crippen LogP contribution in [0.2, 0.25) is 0 Å². The summed E-state index contributed by atoms with van der Waals surface area (Å²) in [4.78, 5) is 40.6. The van der Waals surface area contributed by atoms with Gasteiger partial charge in [-0.1, -0.05) is 24.3 Å². The van der Waals surface area contributed by atoms with E-state index in [2.05, 4.69) is 15.8 Å². The molecule has 0 bridgehead atoms. The Kier molecular flexibility index (Phi) is 5.34. The van der Waals surface area contributed by atoms with Gasteiger partial charge in [0.1, 0.15) is 5.82 Å². The lowest BCUT2D eigenvalue weighted by atomic mass is 10.3. The number of oxazole rings is 1. The molecule has 0 unspecified atom stereocenters. The Morgan fingerprint density at radius 1 is 1.00 bits per heavy atom. The van der Waals surface area contributed by atoms with Crippen molar-refractivity contribution in [2.24, 2.45) is 7.05 Å². The Morgan fingerprint density at radius 2 is 1.70 bits per heavy atom. The first kappa shape index (κ1) is 19.4. The highest BCUT2D eigenvalue weighted by Crippen LogP contribution is 2.14. The lowest BCUT2D eigenvalue weighted by Crippen LogP contribution is -2.42. The smallest absolute Gasteiger partial charge is 0.408 e. The highest BCUT2D eigenvalue weighted by molar-refractivity contribution is 5.84. The fraction of sp³-hybridized carbons (Fsp3) is 0.238. The van der Waals surface area contributed by atoms with Crippen LogP contribution < -0.4 is 16.6 Å². The van der Waals surface area contributed by atoms with Crippen molar-refractivity contribution in [3.63, 3.8) is 0 Å². The molecule has 0 saturated heterocycles. The summed E-state index contributed by atoms with van der Waals surface area (Å²) in [6.07, 6.45) is 0.621. The molecule has 0 radical (unpaired) electrons. The number of aromatic nitrogens is 3. The van der Waals surface area contributed by atoms with Crippen LogP contribution in [0.4, 0.5) is 0 Å². The molecule has 2 aromatic carbocycles. The lowest BCUT2D eigenvalue weighted by molar-refractivity contribution is -0.128. The quantitative estimate of drug-likeness (QED) is 0.472. The SMILES string of the molecule is Cn1c(CC(=O)NNC(=O)CCCn2c(=O)oc3ccccc32)nc2ccccc21. The summed E-state index contributed by atoms with van der Waals surface area (Å²) in [6.45, 7) is 0.344. The van der Waals surface area contributed by atoms with Gasteiger partial charge in [-0.15, -0.1) is 0 Å². The van der Waals surface area contributed by atoms with Gasteiger partial charge in [-0.3, -0.25) is 25.0 Å². The van der Waals surface area contributed by atoms with Crippen molar-refractivity contribution < 1.29 is 14.0 Å². The van der Waals surface area contributed by atoms with E-state index in [1.54, 1.807) is 18.2 Å². The van der Waals surface area contributed by atoms with Gasteiger partial charge >= 0.3 is 5.76 Å². The number of hydrazine groups is 1. The molecule has 0 fully saturated rings. The molecule has 0 saturated carbocycles. The summed E-state index contributed by atoms with van der Waals surface area (Å²) in [6, 6.07) is 14.7. The maximum Gasteiger partial charge on any atom is 0.419 e. The molecule has 2 N–H and O–H groups in total. The zero-order valence-corrected chi connectivity index (χ0v) is 16.4. The number of rotatable bonds is 6. The zero-order valence-electron chi connectivity index (χ0n) is 16.4. The monoisotopic (exact) mass is 407 g/mol. The van der Waals surface area contributed by atoms with Crippen LogP contribution in [0.3, 0.4) is 0 Å². The van der Waals surface area contributed by atoms with Crippen LogP contribution in [-0.4, -0.2) is 25.9 Å². The summed E-state index contributed by atoms with van der Waals surface area (Å²) in [5, 5.41) is 0. The zero-order chi connectivity index (χ0) is 21.1. The first-order valence-corrected chi connectivity index (χ1v) is 9.59. The molecule has 4 aromatic rings. The van der Waals surface area contributed by atoms with Crippen molar-refractivity contribution in [3.05, 3.63) is 64.9 Å². The van der Waals surface area contributed by atoms with E-state index in [1.807, 2.05) is 41.9 Å². The minimum absolute atomic E-state index is 0.0435. The summed E-state index contributed by atoms with van der Waals surface area (Å²) >= 11 is 0. The molecule has 9 nitrogen and oxygen atoms in total. The van der Waals surface area contributed by atoms with Crippen molar-refractivity contribution in [2.45, 2.75) is 25.8 Å². The number of nitrogens with one attached hydrogen (secondary N) is 2. The largest absolute Gasteiger partial charge is 0.419 e. The number of aryl methyl sites for hydroxylation is 2. The maximum atomic E-state index is 12.2. The van der Waals surface area contributed by atoms with Crippen LogP contribution in [0.1, 0.15) is 18.7 Å². The van der Waals surface area contributed by atoms with Gasteiger partial charge in [0.25, 0.3) is 0 Å².